The zero-order valence-electron chi connectivity index (χ0n) is 10.1. The number of carboxylic acids is 1. The molecule has 4 nitrogen and oxygen atoms in total. The maximum atomic E-state index is 10.9. The third kappa shape index (κ3) is 2.38. The van der Waals surface area contributed by atoms with Gasteiger partial charge in [0.15, 0.2) is 0 Å². The van der Waals surface area contributed by atoms with Crippen LogP contribution in [0.4, 0.5) is 0 Å². The molecular weight excluding hydrogens is 252 g/mol. The second-order valence-electron chi connectivity index (χ2n) is 4.21. The molecular formula is C13H13ClN2O2. The molecule has 1 heterocycles. The van der Waals surface area contributed by atoms with Crippen molar-refractivity contribution in [2.45, 2.75) is 19.8 Å². The Morgan fingerprint density at radius 1 is 1.50 bits per heavy atom. The van der Waals surface area contributed by atoms with Crippen LogP contribution >= 0.6 is 11.6 Å². The van der Waals surface area contributed by atoms with Crippen LogP contribution in [0.1, 0.15) is 24.0 Å². The molecule has 94 valence electrons. The van der Waals surface area contributed by atoms with Crippen molar-refractivity contribution in [1.29, 1.82) is 0 Å². The Morgan fingerprint density at radius 2 is 2.22 bits per heavy atom. The van der Waals surface area contributed by atoms with Crippen LogP contribution in [0, 0.1) is 6.92 Å². The van der Waals surface area contributed by atoms with E-state index >= 15 is 0 Å². The lowest BCUT2D eigenvalue weighted by Gasteiger charge is -2.04. The standard InChI is InChI=1S/C13H13ClN2O2/c1-8-3-4-11(5-12(8)14)16-7-10(6-15-16)9(2)13(17)18/h3-7,9H,1-2H3,(H,17,18). The van der Waals surface area contributed by atoms with Crippen molar-refractivity contribution in [3.8, 4) is 5.69 Å². The van der Waals surface area contributed by atoms with Gasteiger partial charge in [0.1, 0.15) is 0 Å². The number of carbonyl (C=O) groups is 1. The number of aliphatic carboxylic acids is 1. The predicted molar refractivity (Wildman–Crippen MR) is 69.4 cm³/mol. The Morgan fingerprint density at radius 3 is 2.83 bits per heavy atom. The summed E-state index contributed by atoms with van der Waals surface area (Å²) in [4.78, 5) is 10.9. The summed E-state index contributed by atoms with van der Waals surface area (Å²) in [5.74, 6) is -1.43. The van der Waals surface area contributed by atoms with Crippen LogP contribution < -0.4 is 0 Å². The van der Waals surface area contributed by atoms with Crippen LogP contribution in [-0.4, -0.2) is 20.9 Å². The maximum absolute atomic E-state index is 10.9. The van der Waals surface area contributed by atoms with Gasteiger partial charge in [-0.25, -0.2) is 4.68 Å². The highest BCUT2D eigenvalue weighted by atomic mass is 35.5. The molecule has 0 aliphatic rings. The molecule has 1 N–H and O–H groups in total. The molecule has 0 amide bonds. The van der Waals surface area contributed by atoms with Crippen molar-refractivity contribution in [1.82, 2.24) is 9.78 Å². The first-order valence-electron chi connectivity index (χ1n) is 5.53. The molecule has 0 fully saturated rings. The molecule has 1 unspecified atom stereocenters. The minimum Gasteiger partial charge on any atom is -0.481 e. The summed E-state index contributed by atoms with van der Waals surface area (Å²) < 4.78 is 1.63. The average Bonchev–Trinajstić information content (AvgIpc) is 2.81. The van der Waals surface area contributed by atoms with Gasteiger partial charge in [0, 0.05) is 16.8 Å². The highest BCUT2D eigenvalue weighted by molar-refractivity contribution is 6.31. The molecule has 2 aromatic rings. The molecule has 5 heteroatoms. The number of hydrogen-bond donors (Lipinski definition) is 1. The highest BCUT2D eigenvalue weighted by Gasteiger charge is 2.15. The molecule has 0 spiro atoms. The topological polar surface area (TPSA) is 55.1 Å². The normalized spacial score (nSPS) is 12.4. The van der Waals surface area contributed by atoms with Crippen LogP contribution in [-0.2, 0) is 4.79 Å². The minimum absolute atomic E-state index is 0.570. The van der Waals surface area contributed by atoms with E-state index in [0.717, 1.165) is 11.3 Å². The van der Waals surface area contributed by atoms with Crippen LogP contribution in [0.25, 0.3) is 5.69 Å². The second kappa shape index (κ2) is 4.82. The number of carboxylic acid groups (broad SMARTS) is 1. The van der Waals surface area contributed by atoms with Crippen LogP contribution in [0.5, 0.6) is 0 Å². The predicted octanol–water partition coefficient (Wildman–Crippen LogP) is 3.02. The van der Waals surface area contributed by atoms with E-state index in [1.54, 1.807) is 30.1 Å². The van der Waals surface area contributed by atoms with Gasteiger partial charge in [0.25, 0.3) is 0 Å². The first kappa shape index (κ1) is 12.6. The number of benzene rings is 1. The van der Waals surface area contributed by atoms with E-state index in [-0.39, 0.29) is 0 Å². The molecule has 1 atom stereocenters. The fraction of sp³-hybridized carbons (Fsp3) is 0.231. The van der Waals surface area contributed by atoms with E-state index in [4.69, 9.17) is 16.7 Å². The summed E-state index contributed by atoms with van der Waals surface area (Å²) >= 11 is 6.05. The van der Waals surface area contributed by atoms with E-state index in [9.17, 15) is 4.79 Å². The number of aromatic nitrogens is 2. The molecule has 0 saturated heterocycles. The number of halogens is 1. The van der Waals surface area contributed by atoms with Crippen LogP contribution in [0.3, 0.4) is 0 Å². The molecule has 1 aromatic carbocycles. The van der Waals surface area contributed by atoms with Crippen LogP contribution in [0.2, 0.25) is 5.02 Å². The number of aryl methyl sites for hydroxylation is 1. The van der Waals surface area contributed by atoms with Gasteiger partial charge in [-0.05, 0) is 31.5 Å². The van der Waals surface area contributed by atoms with E-state index in [0.29, 0.717) is 10.6 Å². The molecule has 18 heavy (non-hydrogen) atoms. The molecule has 0 radical (unpaired) electrons. The summed E-state index contributed by atoms with van der Waals surface area (Å²) in [5, 5.41) is 13.8. The fourth-order valence-corrected chi connectivity index (χ4v) is 1.74. The number of rotatable bonds is 3. The summed E-state index contributed by atoms with van der Waals surface area (Å²) in [5.41, 5.74) is 2.47. The number of hydrogen-bond acceptors (Lipinski definition) is 2. The van der Waals surface area contributed by atoms with E-state index < -0.39 is 11.9 Å². The molecule has 0 saturated carbocycles. The quantitative estimate of drug-likeness (QED) is 0.927. The lowest BCUT2D eigenvalue weighted by atomic mass is 10.1. The zero-order chi connectivity index (χ0) is 13.3. The minimum atomic E-state index is -0.864. The molecule has 2 rings (SSSR count). The summed E-state index contributed by atoms with van der Waals surface area (Å²) in [6, 6.07) is 5.60. The van der Waals surface area contributed by atoms with Crippen molar-refractivity contribution in [2.24, 2.45) is 0 Å². The third-order valence-corrected chi connectivity index (χ3v) is 3.30. The first-order chi connectivity index (χ1) is 8.49. The third-order valence-electron chi connectivity index (χ3n) is 2.89. The average molecular weight is 265 g/mol. The molecule has 0 aliphatic carbocycles. The van der Waals surface area contributed by atoms with Gasteiger partial charge in [-0.15, -0.1) is 0 Å². The van der Waals surface area contributed by atoms with Gasteiger partial charge >= 0.3 is 5.97 Å². The monoisotopic (exact) mass is 264 g/mol. The van der Waals surface area contributed by atoms with E-state index in [1.807, 2.05) is 19.1 Å². The Kier molecular flexibility index (Phi) is 3.39. The fourth-order valence-electron chi connectivity index (χ4n) is 1.57. The largest absolute Gasteiger partial charge is 0.481 e. The summed E-state index contributed by atoms with van der Waals surface area (Å²) in [7, 11) is 0. The van der Waals surface area contributed by atoms with Crippen molar-refractivity contribution in [3.63, 3.8) is 0 Å². The number of nitrogens with zero attached hydrogens (tertiary/aromatic N) is 2. The van der Waals surface area contributed by atoms with Gasteiger partial charge in [-0.3, -0.25) is 4.79 Å². The Labute approximate surface area is 110 Å². The van der Waals surface area contributed by atoms with Gasteiger partial charge < -0.3 is 5.11 Å². The first-order valence-corrected chi connectivity index (χ1v) is 5.90. The summed E-state index contributed by atoms with van der Waals surface area (Å²) in [6.07, 6.45) is 3.27. The van der Waals surface area contributed by atoms with E-state index in [2.05, 4.69) is 5.10 Å². The van der Waals surface area contributed by atoms with Gasteiger partial charge in [0.05, 0.1) is 17.8 Å². The van der Waals surface area contributed by atoms with Gasteiger partial charge in [0.2, 0.25) is 0 Å². The maximum Gasteiger partial charge on any atom is 0.310 e. The van der Waals surface area contributed by atoms with Crippen molar-refractivity contribution >= 4 is 17.6 Å². The smallest absolute Gasteiger partial charge is 0.310 e. The Bertz CT molecular complexity index is 592. The second-order valence-corrected chi connectivity index (χ2v) is 4.62. The highest BCUT2D eigenvalue weighted by Crippen LogP contribution is 2.21. The Hall–Kier alpha value is -1.81. The van der Waals surface area contributed by atoms with Crippen molar-refractivity contribution in [3.05, 3.63) is 46.7 Å². The summed E-state index contributed by atoms with van der Waals surface area (Å²) in [6.45, 7) is 3.55. The van der Waals surface area contributed by atoms with Crippen molar-refractivity contribution in [2.75, 3.05) is 0 Å². The Balaban J connectivity index is 2.35. The van der Waals surface area contributed by atoms with Crippen LogP contribution in [0.15, 0.2) is 30.6 Å². The van der Waals surface area contributed by atoms with E-state index in [1.165, 1.54) is 0 Å². The SMILES string of the molecule is Cc1ccc(-n2cc(C(C)C(=O)O)cn2)cc1Cl. The van der Waals surface area contributed by atoms with Gasteiger partial charge in [-0.1, -0.05) is 17.7 Å². The molecule has 0 aliphatic heterocycles. The zero-order valence-corrected chi connectivity index (χ0v) is 10.8. The van der Waals surface area contributed by atoms with Gasteiger partial charge in [-0.2, -0.15) is 5.10 Å². The van der Waals surface area contributed by atoms with Crippen molar-refractivity contribution < 1.29 is 9.90 Å². The molecule has 0 bridgehead atoms. The lowest BCUT2D eigenvalue weighted by Crippen LogP contribution is -2.06. The molecule has 1 aromatic heterocycles. The lowest BCUT2D eigenvalue weighted by molar-refractivity contribution is -0.138.